The first-order valence-electron chi connectivity index (χ1n) is 8.88. The molecule has 2 aromatic carbocycles. The molecule has 2 aromatic rings. The zero-order valence-corrected chi connectivity index (χ0v) is 16.6. The average Bonchev–Trinajstić information content (AvgIpc) is 3.07. The monoisotopic (exact) mass is 384 g/mol. The summed E-state index contributed by atoms with van der Waals surface area (Å²) in [5.74, 6) is 2.32. The summed E-state index contributed by atoms with van der Waals surface area (Å²) in [5.41, 5.74) is 2.84. The second-order valence-corrected chi connectivity index (χ2v) is 6.44. The van der Waals surface area contributed by atoms with Crippen LogP contribution in [0.4, 0.5) is 0 Å². The topological polar surface area (TPSA) is 63.2 Å². The average molecular weight is 384 g/mol. The molecule has 0 spiro atoms. The first-order chi connectivity index (χ1) is 13.5. The number of esters is 1. The number of benzene rings is 2. The van der Waals surface area contributed by atoms with Crippen LogP contribution in [0.15, 0.2) is 36.4 Å². The van der Waals surface area contributed by atoms with Crippen molar-refractivity contribution in [2.75, 3.05) is 28.4 Å². The highest BCUT2D eigenvalue weighted by atomic mass is 16.5. The van der Waals surface area contributed by atoms with Crippen LogP contribution in [0.25, 0.3) is 6.08 Å². The van der Waals surface area contributed by atoms with Gasteiger partial charge in [-0.2, -0.15) is 0 Å². The summed E-state index contributed by atoms with van der Waals surface area (Å²) < 4.78 is 27.2. The number of fused-ring (bicyclic) bond motifs is 1. The van der Waals surface area contributed by atoms with Crippen LogP contribution in [-0.4, -0.2) is 34.4 Å². The van der Waals surface area contributed by atoms with Gasteiger partial charge in [-0.25, -0.2) is 4.79 Å². The SMILES string of the molecule is COC(=O)/C=C/c1cc(OC)c2c(c1)[C@@H](C)[C@H](c1ccc(OC)c(OC)c1)O2. The lowest BCUT2D eigenvalue weighted by atomic mass is 9.91. The first kappa shape index (κ1) is 19.6. The lowest BCUT2D eigenvalue weighted by Gasteiger charge is -2.18. The van der Waals surface area contributed by atoms with Gasteiger partial charge in [0.1, 0.15) is 6.10 Å². The molecule has 1 heterocycles. The molecule has 1 aliphatic rings. The minimum absolute atomic E-state index is 0.0773. The third kappa shape index (κ3) is 3.63. The lowest BCUT2D eigenvalue weighted by Crippen LogP contribution is -2.07. The third-order valence-electron chi connectivity index (χ3n) is 4.86. The number of hydrogen-bond acceptors (Lipinski definition) is 6. The lowest BCUT2D eigenvalue weighted by molar-refractivity contribution is -0.134. The predicted octanol–water partition coefficient (Wildman–Crippen LogP) is 4.14. The van der Waals surface area contributed by atoms with Crippen LogP contribution in [0.2, 0.25) is 0 Å². The van der Waals surface area contributed by atoms with Gasteiger partial charge in [-0.3, -0.25) is 0 Å². The van der Waals surface area contributed by atoms with Gasteiger partial charge in [0.25, 0.3) is 0 Å². The molecule has 0 aliphatic carbocycles. The molecule has 1 aliphatic heterocycles. The van der Waals surface area contributed by atoms with E-state index in [4.69, 9.17) is 18.9 Å². The Morgan fingerprint density at radius 3 is 2.32 bits per heavy atom. The largest absolute Gasteiger partial charge is 0.493 e. The van der Waals surface area contributed by atoms with Crippen molar-refractivity contribution in [1.82, 2.24) is 0 Å². The zero-order chi connectivity index (χ0) is 20.3. The highest BCUT2D eigenvalue weighted by Crippen LogP contribution is 2.51. The van der Waals surface area contributed by atoms with Crippen LogP contribution in [0, 0.1) is 0 Å². The molecule has 0 N–H and O–H groups in total. The molecule has 0 saturated heterocycles. The van der Waals surface area contributed by atoms with Crippen LogP contribution < -0.4 is 18.9 Å². The van der Waals surface area contributed by atoms with E-state index in [0.29, 0.717) is 23.0 Å². The molecule has 0 amide bonds. The maximum absolute atomic E-state index is 11.4. The summed E-state index contributed by atoms with van der Waals surface area (Å²) in [6.45, 7) is 2.10. The van der Waals surface area contributed by atoms with Gasteiger partial charge in [-0.15, -0.1) is 0 Å². The molecule has 148 valence electrons. The molecule has 2 atom stereocenters. The standard InChI is InChI=1S/C22H24O6/c1-13-16-10-14(6-9-20(23)27-5)11-19(26-4)22(16)28-21(13)15-7-8-17(24-2)18(12-15)25-3/h6-13,21H,1-5H3/b9-6+/t13-,21-/m1/s1. The minimum atomic E-state index is -0.410. The molecule has 0 radical (unpaired) electrons. The van der Waals surface area contributed by atoms with E-state index >= 15 is 0 Å². The maximum Gasteiger partial charge on any atom is 0.330 e. The number of hydrogen-bond donors (Lipinski definition) is 0. The number of rotatable bonds is 6. The van der Waals surface area contributed by atoms with Gasteiger partial charge in [0.05, 0.1) is 28.4 Å². The summed E-state index contributed by atoms with van der Waals surface area (Å²) in [6, 6.07) is 9.61. The molecule has 6 heteroatoms. The summed E-state index contributed by atoms with van der Waals surface area (Å²) >= 11 is 0. The fourth-order valence-corrected chi connectivity index (χ4v) is 3.37. The Bertz CT molecular complexity index is 902. The van der Waals surface area contributed by atoms with E-state index in [0.717, 1.165) is 16.7 Å². The Balaban J connectivity index is 1.97. The van der Waals surface area contributed by atoms with Crippen molar-refractivity contribution < 1.29 is 28.5 Å². The van der Waals surface area contributed by atoms with Gasteiger partial charge in [0.2, 0.25) is 0 Å². The third-order valence-corrected chi connectivity index (χ3v) is 4.86. The summed E-state index contributed by atoms with van der Waals surface area (Å²) in [6.07, 6.45) is 2.89. The van der Waals surface area contributed by atoms with Crippen LogP contribution in [0.5, 0.6) is 23.0 Å². The van der Waals surface area contributed by atoms with E-state index in [9.17, 15) is 4.79 Å². The Kier molecular flexibility index (Phi) is 5.78. The molecule has 0 bridgehead atoms. The zero-order valence-electron chi connectivity index (χ0n) is 16.6. The summed E-state index contributed by atoms with van der Waals surface area (Å²) in [7, 11) is 6.16. The maximum atomic E-state index is 11.4. The van der Waals surface area contributed by atoms with Crippen molar-refractivity contribution in [3.63, 3.8) is 0 Å². The number of carbonyl (C=O) groups is 1. The minimum Gasteiger partial charge on any atom is -0.493 e. The molecular formula is C22H24O6. The van der Waals surface area contributed by atoms with Gasteiger partial charge in [0, 0.05) is 17.6 Å². The van der Waals surface area contributed by atoms with Gasteiger partial charge in [-0.1, -0.05) is 13.0 Å². The van der Waals surface area contributed by atoms with Crippen molar-refractivity contribution in [3.05, 3.63) is 53.1 Å². The van der Waals surface area contributed by atoms with Gasteiger partial charge >= 0.3 is 5.97 Å². The second kappa shape index (κ2) is 8.25. The van der Waals surface area contributed by atoms with Crippen LogP contribution in [0.3, 0.4) is 0 Å². The Morgan fingerprint density at radius 2 is 1.68 bits per heavy atom. The van der Waals surface area contributed by atoms with Crippen LogP contribution in [-0.2, 0) is 9.53 Å². The van der Waals surface area contributed by atoms with E-state index in [-0.39, 0.29) is 12.0 Å². The quantitative estimate of drug-likeness (QED) is 0.551. The molecule has 3 rings (SSSR count). The van der Waals surface area contributed by atoms with E-state index in [1.165, 1.54) is 13.2 Å². The number of methoxy groups -OCH3 is 4. The molecule has 0 fully saturated rings. The normalized spacial score (nSPS) is 17.8. The van der Waals surface area contributed by atoms with E-state index in [2.05, 4.69) is 11.7 Å². The highest BCUT2D eigenvalue weighted by molar-refractivity contribution is 5.87. The molecule has 28 heavy (non-hydrogen) atoms. The van der Waals surface area contributed by atoms with Gasteiger partial charge in [0.15, 0.2) is 23.0 Å². The molecule has 0 aromatic heterocycles. The first-order valence-corrected chi connectivity index (χ1v) is 8.88. The van der Waals surface area contributed by atoms with Crippen molar-refractivity contribution in [2.24, 2.45) is 0 Å². The van der Waals surface area contributed by atoms with E-state index in [1.807, 2.05) is 30.3 Å². The van der Waals surface area contributed by atoms with Crippen molar-refractivity contribution in [1.29, 1.82) is 0 Å². The number of ether oxygens (including phenoxy) is 5. The Morgan fingerprint density at radius 1 is 0.964 bits per heavy atom. The molecular weight excluding hydrogens is 360 g/mol. The highest BCUT2D eigenvalue weighted by Gasteiger charge is 2.35. The number of carbonyl (C=O) groups excluding carboxylic acids is 1. The van der Waals surface area contributed by atoms with Crippen LogP contribution in [0.1, 0.15) is 35.6 Å². The van der Waals surface area contributed by atoms with Gasteiger partial charge < -0.3 is 23.7 Å². The van der Waals surface area contributed by atoms with E-state index in [1.54, 1.807) is 27.4 Å². The fraction of sp³-hybridized carbons (Fsp3) is 0.318. The smallest absolute Gasteiger partial charge is 0.330 e. The van der Waals surface area contributed by atoms with E-state index < -0.39 is 5.97 Å². The van der Waals surface area contributed by atoms with Crippen molar-refractivity contribution in [3.8, 4) is 23.0 Å². The van der Waals surface area contributed by atoms with Gasteiger partial charge in [-0.05, 0) is 41.5 Å². The van der Waals surface area contributed by atoms with Crippen molar-refractivity contribution in [2.45, 2.75) is 18.9 Å². The summed E-state index contributed by atoms with van der Waals surface area (Å²) in [4.78, 5) is 11.4. The Hall–Kier alpha value is -3.15. The summed E-state index contributed by atoms with van der Waals surface area (Å²) in [5, 5.41) is 0. The Labute approximate surface area is 164 Å². The molecule has 0 saturated carbocycles. The fourth-order valence-electron chi connectivity index (χ4n) is 3.37. The van der Waals surface area contributed by atoms with Crippen molar-refractivity contribution >= 4 is 12.0 Å². The molecule has 6 nitrogen and oxygen atoms in total. The molecule has 0 unspecified atom stereocenters. The predicted molar refractivity (Wildman–Crippen MR) is 105 cm³/mol. The van der Waals surface area contributed by atoms with Crippen LogP contribution >= 0.6 is 0 Å². The second-order valence-electron chi connectivity index (χ2n) is 6.44.